The highest BCUT2D eigenvalue weighted by atomic mass is 16.5. The molecule has 1 aliphatic rings. The van der Waals surface area contributed by atoms with Crippen molar-refractivity contribution < 1.29 is 9.53 Å². The number of rotatable bonds is 4. The van der Waals surface area contributed by atoms with Crippen molar-refractivity contribution in [1.29, 1.82) is 5.26 Å². The third-order valence-electron chi connectivity index (χ3n) is 4.62. The molecule has 1 saturated heterocycles. The number of hydrogen-bond donors (Lipinski definition) is 0. The van der Waals surface area contributed by atoms with E-state index in [0.29, 0.717) is 25.0 Å². The molecule has 4 heteroatoms. The second kappa shape index (κ2) is 7.08. The van der Waals surface area contributed by atoms with Gasteiger partial charge in [0.1, 0.15) is 5.72 Å². The Morgan fingerprint density at radius 1 is 1.20 bits per heavy atom. The van der Waals surface area contributed by atoms with Crippen molar-refractivity contribution in [3.63, 3.8) is 0 Å². The zero-order chi connectivity index (χ0) is 17.9. The molecule has 0 aromatic heterocycles. The van der Waals surface area contributed by atoms with Crippen molar-refractivity contribution in [1.82, 2.24) is 4.90 Å². The van der Waals surface area contributed by atoms with Gasteiger partial charge < -0.3 is 9.64 Å². The van der Waals surface area contributed by atoms with Crippen molar-refractivity contribution in [3.05, 3.63) is 60.2 Å². The lowest BCUT2D eigenvalue weighted by atomic mass is 9.97. The van der Waals surface area contributed by atoms with Crippen LogP contribution < -0.4 is 0 Å². The average Bonchev–Trinajstić information content (AvgIpc) is 2.94. The van der Waals surface area contributed by atoms with Gasteiger partial charge in [0.2, 0.25) is 0 Å². The molecule has 3 rings (SSSR count). The van der Waals surface area contributed by atoms with Gasteiger partial charge >= 0.3 is 0 Å². The van der Waals surface area contributed by atoms with E-state index in [1.54, 1.807) is 4.90 Å². The predicted octanol–water partition coefficient (Wildman–Crippen LogP) is 4.23. The minimum atomic E-state index is -0.680. The lowest BCUT2D eigenvalue weighted by Crippen LogP contribution is -2.48. The molecule has 1 atom stereocenters. The topological polar surface area (TPSA) is 53.3 Å². The van der Waals surface area contributed by atoms with Crippen LogP contribution in [0.4, 0.5) is 0 Å². The average molecular weight is 334 g/mol. The predicted molar refractivity (Wildman–Crippen MR) is 96.7 cm³/mol. The second-order valence-corrected chi connectivity index (χ2v) is 6.70. The molecule has 4 nitrogen and oxygen atoms in total. The van der Waals surface area contributed by atoms with Crippen LogP contribution in [0.2, 0.25) is 0 Å². The van der Waals surface area contributed by atoms with Crippen LogP contribution in [0.5, 0.6) is 0 Å². The maximum absolute atomic E-state index is 13.4. The van der Waals surface area contributed by atoms with Crippen molar-refractivity contribution in [2.45, 2.75) is 38.5 Å². The Morgan fingerprint density at radius 3 is 2.60 bits per heavy atom. The fraction of sp³-hybridized carbons (Fsp3) is 0.333. The van der Waals surface area contributed by atoms with Gasteiger partial charge in [-0.3, -0.25) is 4.79 Å². The summed E-state index contributed by atoms with van der Waals surface area (Å²) in [5.74, 6) is -0.0510. The zero-order valence-electron chi connectivity index (χ0n) is 14.6. The molecule has 1 aliphatic heterocycles. The van der Waals surface area contributed by atoms with Crippen LogP contribution in [0.1, 0.15) is 37.0 Å². The van der Waals surface area contributed by atoms with Gasteiger partial charge in [0.25, 0.3) is 5.91 Å². The highest BCUT2D eigenvalue weighted by molar-refractivity contribution is 6.01. The van der Waals surface area contributed by atoms with E-state index in [4.69, 9.17) is 10.00 Å². The number of carbonyl (C=O) groups is 1. The molecule has 2 aromatic carbocycles. The van der Waals surface area contributed by atoms with E-state index in [2.05, 4.69) is 6.07 Å². The highest BCUT2D eigenvalue weighted by Crippen LogP contribution is 2.33. The van der Waals surface area contributed by atoms with Gasteiger partial charge in [0.05, 0.1) is 18.7 Å². The summed E-state index contributed by atoms with van der Waals surface area (Å²) in [6, 6.07) is 19.6. The standard InChI is InChI=1S/C21H22N2O2/c1-21(2)23(17(15-25-21)11-8-14-22)20(24)19-13-7-6-12-18(19)16-9-4-3-5-10-16/h3-7,9-10,12-13,17H,8,11,15H2,1-2H3/t17-/m1/s1. The summed E-state index contributed by atoms with van der Waals surface area (Å²) in [6.45, 7) is 4.28. The molecule has 0 N–H and O–H groups in total. The summed E-state index contributed by atoms with van der Waals surface area (Å²) in [5, 5.41) is 8.90. The largest absolute Gasteiger partial charge is 0.354 e. The van der Waals surface area contributed by atoms with E-state index in [1.807, 2.05) is 68.4 Å². The van der Waals surface area contributed by atoms with Crippen LogP contribution >= 0.6 is 0 Å². The van der Waals surface area contributed by atoms with Crippen LogP contribution in [-0.4, -0.2) is 29.2 Å². The molecule has 1 amide bonds. The fourth-order valence-corrected chi connectivity index (χ4v) is 3.41. The molecule has 0 spiro atoms. The number of nitriles is 1. The lowest BCUT2D eigenvalue weighted by Gasteiger charge is -2.34. The molecule has 0 unspecified atom stereocenters. The Labute approximate surface area is 148 Å². The van der Waals surface area contributed by atoms with Gasteiger partial charge in [-0.15, -0.1) is 0 Å². The summed E-state index contributed by atoms with van der Waals surface area (Å²) >= 11 is 0. The zero-order valence-corrected chi connectivity index (χ0v) is 14.6. The van der Waals surface area contributed by atoms with Crippen molar-refractivity contribution in [2.24, 2.45) is 0 Å². The fourth-order valence-electron chi connectivity index (χ4n) is 3.41. The summed E-state index contributed by atoms with van der Waals surface area (Å²) in [4.78, 5) is 15.2. The third kappa shape index (κ3) is 3.42. The minimum Gasteiger partial charge on any atom is -0.354 e. The molecule has 2 aromatic rings. The first-order valence-corrected chi connectivity index (χ1v) is 8.53. The smallest absolute Gasteiger partial charge is 0.257 e. The normalized spacial score (nSPS) is 18.8. The summed E-state index contributed by atoms with van der Waals surface area (Å²) in [5.41, 5.74) is 1.91. The maximum atomic E-state index is 13.4. The van der Waals surface area contributed by atoms with Crippen LogP contribution in [0, 0.1) is 11.3 Å². The molecule has 0 radical (unpaired) electrons. The summed E-state index contributed by atoms with van der Waals surface area (Å²) < 4.78 is 5.85. The van der Waals surface area contributed by atoms with E-state index in [9.17, 15) is 4.79 Å². The van der Waals surface area contributed by atoms with E-state index >= 15 is 0 Å². The second-order valence-electron chi connectivity index (χ2n) is 6.70. The van der Waals surface area contributed by atoms with E-state index in [0.717, 1.165) is 11.1 Å². The molecular weight excluding hydrogens is 312 g/mol. The highest BCUT2D eigenvalue weighted by Gasteiger charge is 2.44. The van der Waals surface area contributed by atoms with Gasteiger partial charge in [0, 0.05) is 12.0 Å². The first-order valence-electron chi connectivity index (χ1n) is 8.53. The van der Waals surface area contributed by atoms with Crippen LogP contribution in [0.3, 0.4) is 0 Å². The lowest BCUT2D eigenvalue weighted by molar-refractivity contribution is -0.0403. The number of hydrogen-bond acceptors (Lipinski definition) is 3. The Hall–Kier alpha value is -2.64. The van der Waals surface area contributed by atoms with Gasteiger partial charge in [0.15, 0.2) is 0 Å². The van der Waals surface area contributed by atoms with Gasteiger partial charge in [-0.25, -0.2) is 0 Å². The van der Waals surface area contributed by atoms with Crippen molar-refractivity contribution in [2.75, 3.05) is 6.61 Å². The number of ether oxygens (including phenoxy) is 1. The van der Waals surface area contributed by atoms with Crippen molar-refractivity contribution >= 4 is 5.91 Å². The van der Waals surface area contributed by atoms with E-state index < -0.39 is 5.72 Å². The quantitative estimate of drug-likeness (QED) is 0.840. The first-order chi connectivity index (χ1) is 12.0. The molecule has 0 saturated carbocycles. The monoisotopic (exact) mass is 334 g/mol. The number of benzene rings is 2. The molecule has 128 valence electrons. The third-order valence-corrected chi connectivity index (χ3v) is 4.62. The molecule has 0 aliphatic carbocycles. The molecule has 0 bridgehead atoms. The van der Waals surface area contributed by atoms with E-state index in [-0.39, 0.29) is 11.9 Å². The first kappa shape index (κ1) is 17.2. The Kier molecular flexibility index (Phi) is 4.87. The molecule has 1 fully saturated rings. The van der Waals surface area contributed by atoms with Crippen LogP contribution in [0.25, 0.3) is 11.1 Å². The maximum Gasteiger partial charge on any atom is 0.257 e. The number of carbonyl (C=O) groups excluding carboxylic acids is 1. The number of amides is 1. The summed E-state index contributed by atoms with van der Waals surface area (Å²) in [6.07, 6.45) is 1.04. The minimum absolute atomic E-state index is 0.0510. The Bertz CT molecular complexity index is 793. The van der Waals surface area contributed by atoms with Gasteiger partial charge in [-0.1, -0.05) is 48.5 Å². The number of nitrogens with zero attached hydrogens (tertiary/aromatic N) is 2. The molecule has 1 heterocycles. The van der Waals surface area contributed by atoms with Crippen molar-refractivity contribution in [3.8, 4) is 17.2 Å². The van der Waals surface area contributed by atoms with E-state index in [1.165, 1.54) is 0 Å². The Balaban J connectivity index is 1.99. The van der Waals surface area contributed by atoms with Crippen LogP contribution in [0.15, 0.2) is 54.6 Å². The molecular formula is C21H22N2O2. The SMILES string of the molecule is CC1(C)OC[C@@H](CCC#N)N1C(=O)c1ccccc1-c1ccccc1. The summed E-state index contributed by atoms with van der Waals surface area (Å²) in [7, 11) is 0. The van der Waals surface area contributed by atoms with Gasteiger partial charge in [-0.2, -0.15) is 5.26 Å². The Morgan fingerprint density at radius 2 is 1.88 bits per heavy atom. The molecule has 25 heavy (non-hydrogen) atoms. The van der Waals surface area contributed by atoms with Gasteiger partial charge in [-0.05, 0) is 37.5 Å². The van der Waals surface area contributed by atoms with Crippen LogP contribution in [-0.2, 0) is 4.74 Å².